The van der Waals surface area contributed by atoms with Crippen LogP contribution in [0.1, 0.15) is 37.7 Å². The first kappa shape index (κ1) is 18.7. The molecule has 6 heteroatoms. The van der Waals surface area contributed by atoms with Crippen LogP contribution in [0.15, 0.2) is 36.4 Å². The average molecular weight is 346 g/mol. The van der Waals surface area contributed by atoms with E-state index in [1.54, 1.807) is 12.1 Å². The molecule has 1 aromatic carbocycles. The molecule has 0 unspecified atom stereocenters. The van der Waals surface area contributed by atoms with Crippen molar-refractivity contribution in [3.05, 3.63) is 42.0 Å². The Balaban J connectivity index is 1.69. The van der Waals surface area contributed by atoms with Gasteiger partial charge in [0.1, 0.15) is 11.9 Å². The van der Waals surface area contributed by atoms with Crippen LogP contribution in [0.2, 0.25) is 0 Å². The smallest absolute Gasteiger partial charge is 0.344 e. The monoisotopic (exact) mass is 346 g/mol. The number of benzene rings is 1. The summed E-state index contributed by atoms with van der Waals surface area (Å²) in [5.41, 5.74) is 0.961. The van der Waals surface area contributed by atoms with Crippen LogP contribution in [0.4, 0.5) is 0 Å². The van der Waals surface area contributed by atoms with Gasteiger partial charge in [0.25, 0.3) is 0 Å². The Morgan fingerprint density at radius 1 is 1.08 bits per heavy atom. The van der Waals surface area contributed by atoms with E-state index < -0.39 is 24.5 Å². The van der Waals surface area contributed by atoms with Gasteiger partial charge in [0.05, 0.1) is 6.42 Å². The van der Waals surface area contributed by atoms with Gasteiger partial charge in [-0.25, -0.2) is 9.59 Å². The number of esters is 3. The van der Waals surface area contributed by atoms with Crippen molar-refractivity contribution < 1.29 is 28.6 Å². The fourth-order valence-electron chi connectivity index (χ4n) is 2.47. The minimum Gasteiger partial charge on any atom is -0.460 e. The van der Waals surface area contributed by atoms with Gasteiger partial charge in [0.15, 0.2) is 6.61 Å². The number of carbonyl (C=O) groups is 3. The van der Waals surface area contributed by atoms with E-state index in [1.807, 2.05) is 19.1 Å². The first-order valence-electron chi connectivity index (χ1n) is 8.26. The van der Waals surface area contributed by atoms with Gasteiger partial charge in [-0.2, -0.15) is 0 Å². The Hall–Kier alpha value is -2.63. The predicted octanol–water partition coefficient (Wildman–Crippen LogP) is 2.88. The minimum atomic E-state index is -0.816. The van der Waals surface area contributed by atoms with E-state index in [0.29, 0.717) is 5.75 Å². The third kappa shape index (κ3) is 6.41. The molecule has 0 aliphatic heterocycles. The van der Waals surface area contributed by atoms with E-state index >= 15 is 0 Å². The fourth-order valence-corrected chi connectivity index (χ4v) is 2.47. The molecule has 25 heavy (non-hydrogen) atoms. The van der Waals surface area contributed by atoms with E-state index in [9.17, 15) is 14.4 Å². The van der Waals surface area contributed by atoms with E-state index in [2.05, 4.69) is 6.58 Å². The van der Waals surface area contributed by atoms with Gasteiger partial charge in [-0.1, -0.05) is 24.3 Å². The van der Waals surface area contributed by atoms with Gasteiger partial charge in [0, 0.05) is 5.57 Å². The highest BCUT2D eigenvalue weighted by atomic mass is 16.6. The van der Waals surface area contributed by atoms with Gasteiger partial charge in [-0.05, 0) is 44.7 Å². The highest BCUT2D eigenvalue weighted by Crippen LogP contribution is 2.21. The molecule has 1 saturated carbocycles. The number of hydrogen-bond donors (Lipinski definition) is 0. The summed E-state index contributed by atoms with van der Waals surface area (Å²) in [6.45, 7) is 4.94. The van der Waals surface area contributed by atoms with Crippen LogP contribution in [0.3, 0.4) is 0 Å². The zero-order chi connectivity index (χ0) is 18.2. The zero-order valence-electron chi connectivity index (χ0n) is 14.3. The van der Waals surface area contributed by atoms with E-state index in [1.165, 1.54) is 0 Å². The molecule has 0 amide bonds. The molecule has 0 bridgehead atoms. The second-order valence-electron chi connectivity index (χ2n) is 6.04. The van der Waals surface area contributed by atoms with E-state index in [0.717, 1.165) is 31.2 Å². The molecule has 1 aliphatic carbocycles. The van der Waals surface area contributed by atoms with Crippen molar-refractivity contribution in [3.8, 4) is 5.75 Å². The number of carbonyl (C=O) groups excluding carboxylic acids is 3. The lowest BCUT2D eigenvalue weighted by Gasteiger charge is -2.11. The number of hydrogen-bond acceptors (Lipinski definition) is 6. The first-order chi connectivity index (χ1) is 11.9. The van der Waals surface area contributed by atoms with Crippen molar-refractivity contribution in [2.24, 2.45) is 0 Å². The molecule has 0 radical (unpaired) electrons. The summed E-state index contributed by atoms with van der Waals surface area (Å²) in [7, 11) is 0. The normalized spacial score (nSPS) is 14.0. The Bertz CT molecular complexity index is 640. The molecule has 6 nitrogen and oxygen atoms in total. The Morgan fingerprint density at radius 2 is 1.72 bits per heavy atom. The largest absolute Gasteiger partial charge is 0.460 e. The van der Waals surface area contributed by atoms with Crippen molar-refractivity contribution in [3.63, 3.8) is 0 Å². The summed E-state index contributed by atoms with van der Waals surface area (Å²) in [5.74, 6) is -1.64. The molecule has 1 aliphatic rings. The summed E-state index contributed by atoms with van der Waals surface area (Å²) < 4.78 is 15.1. The van der Waals surface area contributed by atoms with Gasteiger partial charge in [-0.15, -0.1) is 0 Å². The quantitative estimate of drug-likeness (QED) is 0.429. The predicted molar refractivity (Wildman–Crippen MR) is 89.9 cm³/mol. The van der Waals surface area contributed by atoms with Crippen molar-refractivity contribution >= 4 is 17.9 Å². The number of rotatable bonds is 7. The van der Waals surface area contributed by atoms with Gasteiger partial charge in [0.2, 0.25) is 0 Å². The van der Waals surface area contributed by atoms with Crippen molar-refractivity contribution in [2.75, 3.05) is 6.61 Å². The van der Waals surface area contributed by atoms with Crippen LogP contribution in [0, 0.1) is 6.92 Å². The van der Waals surface area contributed by atoms with E-state index in [-0.39, 0.29) is 18.1 Å². The van der Waals surface area contributed by atoms with Crippen LogP contribution in [-0.2, 0) is 23.9 Å². The molecule has 134 valence electrons. The highest BCUT2D eigenvalue weighted by Gasteiger charge is 2.21. The van der Waals surface area contributed by atoms with Crippen LogP contribution >= 0.6 is 0 Å². The molecule has 1 aromatic rings. The first-order valence-corrected chi connectivity index (χ1v) is 8.26. The molecule has 0 heterocycles. The Labute approximate surface area is 146 Å². The summed E-state index contributed by atoms with van der Waals surface area (Å²) in [6.07, 6.45) is 3.37. The zero-order valence-corrected chi connectivity index (χ0v) is 14.3. The minimum absolute atomic E-state index is 0.0780. The number of ether oxygens (including phenoxy) is 3. The molecule has 2 rings (SSSR count). The van der Waals surface area contributed by atoms with Crippen LogP contribution < -0.4 is 4.74 Å². The second-order valence-corrected chi connectivity index (χ2v) is 6.04. The molecule has 0 saturated heterocycles. The summed E-state index contributed by atoms with van der Waals surface area (Å²) in [5, 5.41) is 0. The van der Waals surface area contributed by atoms with Gasteiger partial charge >= 0.3 is 17.9 Å². The topological polar surface area (TPSA) is 78.9 Å². The van der Waals surface area contributed by atoms with Crippen LogP contribution in [0.5, 0.6) is 5.75 Å². The van der Waals surface area contributed by atoms with Crippen molar-refractivity contribution in [2.45, 2.75) is 45.1 Å². The maximum Gasteiger partial charge on any atom is 0.344 e. The van der Waals surface area contributed by atoms with Crippen molar-refractivity contribution in [1.29, 1.82) is 0 Å². The molecule has 0 atom stereocenters. The molecular formula is C19H22O6. The molecule has 0 aromatic heterocycles. The van der Waals surface area contributed by atoms with Crippen LogP contribution in [-0.4, -0.2) is 30.6 Å². The molecule has 0 spiro atoms. The number of aryl methyl sites for hydroxylation is 1. The van der Waals surface area contributed by atoms with E-state index in [4.69, 9.17) is 14.2 Å². The Kier molecular flexibility index (Phi) is 6.74. The lowest BCUT2D eigenvalue weighted by Crippen LogP contribution is -2.22. The highest BCUT2D eigenvalue weighted by molar-refractivity contribution is 5.94. The van der Waals surface area contributed by atoms with Crippen molar-refractivity contribution in [1.82, 2.24) is 0 Å². The average Bonchev–Trinajstić information content (AvgIpc) is 3.07. The second kappa shape index (κ2) is 9.01. The van der Waals surface area contributed by atoms with Crippen LogP contribution in [0.25, 0.3) is 0 Å². The standard InChI is InChI=1S/C19H22O6/c1-13-7-9-16(10-8-13)24-17(20)11-14(2)19(22)23-12-18(21)25-15-5-3-4-6-15/h7-10,15H,2-6,11-12H2,1H3. The summed E-state index contributed by atoms with van der Waals surface area (Å²) in [4.78, 5) is 35.2. The van der Waals surface area contributed by atoms with Gasteiger partial charge in [-0.3, -0.25) is 4.79 Å². The fraction of sp³-hybridized carbons (Fsp3) is 0.421. The third-order valence-electron chi connectivity index (χ3n) is 3.82. The lowest BCUT2D eigenvalue weighted by atomic mass is 10.2. The van der Waals surface area contributed by atoms with Gasteiger partial charge < -0.3 is 14.2 Å². The lowest BCUT2D eigenvalue weighted by molar-refractivity contribution is -0.160. The molecule has 0 N–H and O–H groups in total. The maximum atomic E-state index is 11.8. The summed E-state index contributed by atoms with van der Waals surface area (Å²) >= 11 is 0. The SMILES string of the molecule is C=C(CC(=O)Oc1ccc(C)cc1)C(=O)OCC(=O)OC1CCCC1. The third-order valence-corrected chi connectivity index (χ3v) is 3.82. The molecular weight excluding hydrogens is 324 g/mol. The molecule has 1 fully saturated rings. The Morgan fingerprint density at radius 3 is 2.36 bits per heavy atom. The maximum absolute atomic E-state index is 11.8. The summed E-state index contributed by atoms with van der Waals surface area (Å²) in [6, 6.07) is 6.93.